The number of nitrogens with one attached hydrogen (secondary N) is 1. The Labute approximate surface area is 112 Å². The largest absolute Gasteiger partial charge is 0.381 e. The number of hydrogen-bond donors (Lipinski definition) is 1. The first-order valence-electron chi connectivity index (χ1n) is 6.48. The maximum absolute atomic E-state index is 14.0. The third-order valence-electron chi connectivity index (χ3n) is 3.46. The number of benzene rings is 1. The van der Waals surface area contributed by atoms with Gasteiger partial charge in [-0.3, -0.25) is 0 Å². The van der Waals surface area contributed by atoms with Crippen LogP contribution >= 0.6 is 11.6 Å². The van der Waals surface area contributed by atoms with Crippen LogP contribution in [0.5, 0.6) is 0 Å². The van der Waals surface area contributed by atoms with Gasteiger partial charge in [0.2, 0.25) is 0 Å². The molecular formula is C14H19ClFNO. The van der Waals surface area contributed by atoms with Gasteiger partial charge in [-0.25, -0.2) is 4.39 Å². The van der Waals surface area contributed by atoms with E-state index in [0.717, 1.165) is 32.6 Å². The molecule has 0 amide bonds. The van der Waals surface area contributed by atoms with Crippen LogP contribution in [0.4, 0.5) is 4.39 Å². The predicted molar refractivity (Wildman–Crippen MR) is 71.4 cm³/mol. The standard InChI is InChI=1S/C14H19ClFNO/c1-2-17-14(10-5-7-18-8-6-10)12-4-3-11(15)9-13(12)16/h3-4,9-10,14,17H,2,5-8H2,1H3. The number of hydrogen-bond acceptors (Lipinski definition) is 2. The highest BCUT2D eigenvalue weighted by molar-refractivity contribution is 6.30. The van der Waals surface area contributed by atoms with Gasteiger partial charge in [-0.05, 0) is 37.4 Å². The van der Waals surface area contributed by atoms with Gasteiger partial charge in [0.25, 0.3) is 0 Å². The van der Waals surface area contributed by atoms with E-state index < -0.39 is 0 Å². The Morgan fingerprint density at radius 2 is 2.17 bits per heavy atom. The molecule has 0 spiro atoms. The van der Waals surface area contributed by atoms with Crippen LogP contribution in [0.25, 0.3) is 0 Å². The number of ether oxygens (including phenoxy) is 1. The van der Waals surface area contributed by atoms with Crippen molar-refractivity contribution in [1.29, 1.82) is 0 Å². The summed E-state index contributed by atoms with van der Waals surface area (Å²) >= 11 is 5.80. The first kappa shape index (κ1) is 13.8. The van der Waals surface area contributed by atoms with Gasteiger partial charge in [0.05, 0.1) is 0 Å². The maximum Gasteiger partial charge on any atom is 0.129 e. The zero-order valence-corrected chi connectivity index (χ0v) is 11.3. The fourth-order valence-corrected chi connectivity index (χ4v) is 2.71. The van der Waals surface area contributed by atoms with Crippen LogP contribution in [0, 0.1) is 11.7 Å². The molecule has 1 N–H and O–H groups in total. The molecule has 0 saturated carbocycles. The van der Waals surface area contributed by atoms with Crippen molar-refractivity contribution in [2.45, 2.75) is 25.8 Å². The maximum atomic E-state index is 14.0. The summed E-state index contributed by atoms with van der Waals surface area (Å²) in [6.45, 7) is 4.40. The molecular weight excluding hydrogens is 253 g/mol. The number of rotatable bonds is 4. The fraction of sp³-hybridized carbons (Fsp3) is 0.571. The third-order valence-corrected chi connectivity index (χ3v) is 3.69. The molecule has 2 rings (SSSR count). The summed E-state index contributed by atoms with van der Waals surface area (Å²) in [5.74, 6) is 0.203. The van der Waals surface area contributed by atoms with Gasteiger partial charge in [-0.2, -0.15) is 0 Å². The quantitative estimate of drug-likeness (QED) is 0.904. The van der Waals surface area contributed by atoms with Crippen LogP contribution in [0.2, 0.25) is 5.02 Å². The van der Waals surface area contributed by atoms with Crippen LogP contribution < -0.4 is 5.32 Å². The Morgan fingerprint density at radius 1 is 1.44 bits per heavy atom. The average Bonchev–Trinajstić information content (AvgIpc) is 2.38. The van der Waals surface area contributed by atoms with Crippen molar-refractivity contribution in [1.82, 2.24) is 5.32 Å². The van der Waals surface area contributed by atoms with Gasteiger partial charge < -0.3 is 10.1 Å². The molecule has 100 valence electrons. The molecule has 1 saturated heterocycles. The highest BCUT2D eigenvalue weighted by Gasteiger charge is 2.26. The van der Waals surface area contributed by atoms with Crippen molar-refractivity contribution in [3.63, 3.8) is 0 Å². The van der Waals surface area contributed by atoms with Gasteiger partial charge in [-0.15, -0.1) is 0 Å². The Balaban J connectivity index is 2.22. The molecule has 0 radical (unpaired) electrons. The van der Waals surface area contributed by atoms with Crippen LogP contribution in [0.3, 0.4) is 0 Å². The van der Waals surface area contributed by atoms with Crippen LogP contribution in [0.15, 0.2) is 18.2 Å². The van der Waals surface area contributed by atoms with E-state index in [0.29, 0.717) is 16.5 Å². The third kappa shape index (κ3) is 3.22. The summed E-state index contributed by atoms with van der Waals surface area (Å²) in [5, 5.41) is 3.83. The fourth-order valence-electron chi connectivity index (χ4n) is 2.55. The van der Waals surface area contributed by atoms with Crippen molar-refractivity contribution in [3.05, 3.63) is 34.6 Å². The molecule has 1 fully saturated rings. The number of halogens is 2. The Kier molecular flexibility index (Phi) is 4.98. The molecule has 0 aliphatic carbocycles. The first-order valence-corrected chi connectivity index (χ1v) is 6.86. The lowest BCUT2D eigenvalue weighted by Gasteiger charge is -2.31. The normalized spacial score (nSPS) is 18.8. The highest BCUT2D eigenvalue weighted by Crippen LogP contribution is 2.32. The Hall–Kier alpha value is -0.640. The van der Waals surface area contributed by atoms with Gasteiger partial charge in [0.1, 0.15) is 5.82 Å². The minimum Gasteiger partial charge on any atom is -0.381 e. The van der Waals surface area contributed by atoms with Gasteiger partial charge in [-0.1, -0.05) is 24.6 Å². The average molecular weight is 272 g/mol. The molecule has 1 aliphatic heterocycles. The first-order chi connectivity index (χ1) is 8.72. The topological polar surface area (TPSA) is 21.3 Å². The van der Waals surface area contributed by atoms with Crippen LogP contribution in [-0.2, 0) is 4.74 Å². The molecule has 1 heterocycles. The summed E-state index contributed by atoms with van der Waals surface area (Å²) in [5.41, 5.74) is 0.716. The van der Waals surface area contributed by atoms with E-state index in [1.165, 1.54) is 6.07 Å². The molecule has 1 atom stereocenters. The van der Waals surface area contributed by atoms with Crippen molar-refractivity contribution in [2.75, 3.05) is 19.8 Å². The monoisotopic (exact) mass is 271 g/mol. The molecule has 18 heavy (non-hydrogen) atoms. The van der Waals surface area contributed by atoms with E-state index in [1.54, 1.807) is 12.1 Å². The minimum atomic E-state index is -0.222. The highest BCUT2D eigenvalue weighted by atomic mass is 35.5. The molecule has 1 aromatic rings. The van der Waals surface area contributed by atoms with Crippen molar-refractivity contribution in [2.24, 2.45) is 5.92 Å². The van der Waals surface area contributed by atoms with E-state index in [-0.39, 0.29) is 11.9 Å². The van der Waals surface area contributed by atoms with Gasteiger partial charge in [0.15, 0.2) is 0 Å². The minimum absolute atomic E-state index is 0.0520. The second kappa shape index (κ2) is 6.50. The van der Waals surface area contributed by atoms with Gasteiger partial charge in [0, 0.05) is 29.8 Å². The SMILES string of the molecule is CCNC(c1ccc(Cl)cc1F)C1CCOCC1. The van der Waals surface area contributed by atoms with Crippen LogP contribution in [0.1, 0.15) is 31.4 Å². The summed E-state index contributed by atoms with van der Waals surface area (Å²) in [6.07, 6.45) is 1.94. The molecule has 0 aromatic heterocycles. The van der Waals surface area contributed by atoms with Crippen molar-refractivity contribution in [3.8, 4) is 0 Å². The summed E-state index contributed by atoms with van der Waals surface area (Å²) in [6, 6.07) is 4.99. The van der Waals surface area contributed by atoms with Crippen molar-refractivity contribution < 1.29 is 9.13 Å². The lowest BCUT2D eigenvalue weighted by Crippen LogP contribution is -2.32. The Morgan fingerprint density at radius 3 is 2.78 bits per heavy atom. The smallest absolute Gasteiger partial charge is 0.129 e. The Bertz CT molecular complexity index is 393. The molecule has 2 nitrogen and oxygen atoms in total. The lowest BCUT2D eigenvalue weighted by molar-refractivity contribution is 0.0533. The molecule has 1 aromatic carbocycles. The molecule has 4 heteroatoms. The summed E-state index contributed by atoms with van der Waals surface area (Å²) in [4.78, 5) is 0. The second-order valence-corrected chi connectivity index (χ2v) is 5.09. The summed E-state index contributed by atoms with van der Waals surface area (Å²) < 4.78 is 19.4. The molecule has 1 aliphatic rings. The zero-order chi connectivity index (χ0) is 13.0. The zero-order valence-electron chi connectivity index (χ0n) is 10.6. The molecule has 1 unspecified atom stereocenters. The van der Waals surface area contributed by atoms with Crippen molar-refractivity contribution >= 4 is 11.6 Å². The van der Waals surface area contributed by atoms with E-state index in [1.807, 2.05) is 6.92 Å². The van der Waals surface area contributed by atoms with Gasteiger partial charge >= 0.3 is 0 Å². The summed E-state index contributed by atoms with van der Waals surface area (Å²) in [7, 11) is 0. The van der Waals surface area contributed by atoms with Crippen LogP contribution in [-0.4, -0.2) is 19.8 Å². The lowest BCUT2D eigenvalue weighted by atomic mass is 9.87. The van der Waals surface area contributed by atoms with E-state index in [2.05, 4.69) is 5.32 Å². The van der Waals surface area contributed by atoms with E-state index in [9.17, 15) is 4.39 Å². The van der Waals surface area contributed by atoms with E-state index in [4.69, 9.17) is 16.3 Å². The predicted octanol–water partition coefficient (Wildman–Crippen LogP) is 3.56. The van der Waals surface area contributed by atoms with E-state index >= 15 is 0 Å². The second-order valence-electron chi connectivity index (χ2n) is 4.65. The molecule has 0 bridgehead atoms.